The maximum Gasteiger partial charge on any atom is 0.405 e. The Morgan fingerprint density at radius 2 is 1.90 bits per heavy atom. The Balaban J connectivity index is 2.62. The van der Waals surface area contributed by atoms with Crippen LogP contribution in [0.2, 0.25) is 5.02 Å². The van der Waals surface area contributed by atoms with Crippen molar-refractivity contribution in [2.75, 3.05) is 23.7 Å². The number of amides is 2. The van der Waals surface area contributed by atoms with Crippen LogP contribution in [0.3, 0.4) is 0 Å². The van der Waals surface area contributed by atoms with Crippen LogP contribution in [0.5, 0.6) is 0 Å². The minimum atomic E-state index is -4.46. The first-order chi connectivity index (χ1) is 9.67. The van der Waals surface area contributed by atoms with E-state index in [4.69, 9.17) is 11.6 Å². The molecule has 0 bridgehead atoms. The molecule has 21 heavy (non-hydrogen) atoms. The second kappa shape index (κ2) is 7.16. The number of hydrogen-bond acceptors (Lipinski definition) is 3. The molecule has 1 aromatic carbocycles. The first kappa shape index (κ1) is 17.1. The van der Waals surface area contributed by atoms with E-state index in [1.165, 1.54) is 25.1 Å². The van der Waals surface area contributed by atoms with Gasteiger partial charge in [-0.05, 0) is 18.2 Å². The van der Waals surface area contributed by atoms with E-state index in [9.17, 15) is 22.8 Å². The van der Waals surface area contributed by atoms with Crippen LogP contribution in [0.4, 0.5) is 24.5 Å². The summed E-state index contributed by atoms with van der Waals surface area (Å²) in [6.07, 6.45) is -4.46. The maximum absolute atomic E-state index is 11.9. The highest BCUT2D eigenvalue weighted by Crippen LogP contribution is 2.25. The molecule has 0 aliphatic rings. The number of benzene rings is 1. The number of hydrogen-bond donors (Lipinski definition) is 3. The summed E-state index contributed by atoms with van der Waals surface area (Å²) in [5.41, 5.74) is 0.704. The van der Waals surface area contributed by atoms with Crippen molar-refractivity contribution in [3.8, 4) is 0 Å². The molecule has 0 saturated carbocycles. The van der Waals surface area contributed by atoms with Gasteiger partial charge in [0.05, 0.1) is 17.9 Å². The van der Waals surface area contributed by atoms with Gasteiger partial charge in [0, 0.05) is 11.9 Å². The van der Waals surface area contributed by atoms with Crippen molar-refractivity contribution >= 4 is 34.8 Å². The average molecular weight is 324 g/mol. The molecule has 2 amide bonds. The standard InChI is InChI=1S/C12H13ClF3N3O2/c1-7(20)19-10-4-8(13)2-3-9(10)17-5-11(21)18-6-12(14,15)16/h2-4,17H,5-6H2,1H3,(H,18,21)(H,19,20). The minimum Gasteiger partial charge on any atom is -0.374 e. The molecule has 0 atom stereocenters. The van der Waals surface area contributed by atoms with Gasteiger partial charge in [0.1, 0.15) is 6.54 Å². The molecular formula is C12H13ClF3N3O2. The van der Waals surface area contributed by atoms with E-state index in [-0.39, 0.29) is 12.5 Å². The number of halogens is 4. The van der Waals surface area contributed by atoms with Crippen LogP contribution in [0.15, 0.2) is 18.2 Å². The Bertz CT molecular complexity index is 535. The summed E-state index contributed by atoms with van der Waals surface area (Å²) in [6.45, 7) is -0.474. The van der Waals surface area contributed by atoms with E-state index >= 15 is 0 Å². The Labute approximate surface area is 123 Å². The molecule has 0 unspecified atom stereocenters. The molecule has 1 rings (SSSR count). The van der Waals surface area contributed by atoms with E-state index in [0.717, 1.165) is 0 Å². The molecule has 3 N–H and O–H groups in total. The van der Waals surface area contributed by atoms with Crippen molar-refractivity contribution in [2.45, 2.75) is 13.1 Å². The highest BCUT2D eigenvalue weighted by molar-refractivity contribution is 6.31. The van der Waals surface area contributed by atoms with Gasteiger partial charge in [-0.25, -0.2) is 0 Å². The molecule has 116 valence electrons. The summed E-state index contributed by atoms with van der Waals surface area (Å²) >= 11 is 5.78. The molecule has 0 radical (unpaired) electrons. The summed E-state index contributed by atoms with van der Waals surface area (Å²) in [6, 6.07) is 4.48. The summed E-state index contributed by atoms with van der Waals surface area (Å²) in [5, 5.41) is 7.22. The van der Waals surface area contributed by atoms with Crippen molar-refractivity contribution in [1.82, 2.24) is 5.32 Å². The molecule has 0 aromatic heterocycles. The van der Waals surface area contributed by atoms with Crippen LogP contribution >= 0.6 is 11.6 Å². The van der Waals surface area contributed by atoms with Crippen molar-refractivity contribution in [2.24, 2.45) is 0 Å². The van der Waals surface area contributed by atoms with E-state index in [1.807, 2.05) is 0 Å². The first-order valence-electron chi connectivity index (χ1n) is 5.82. The average Bonchev–Trinajstić information content (AvgIpc) is 2.34. The van der Waals surface area contributed by atoms with Crippen LogP contribution in [0.25, 0.3) is 0 Å². The van der Waals surface area contributed by atoms with Crippen molar-refractivity contribution in [3.05, 3.63) is 23.2 Å². The van der Waals surface area contributed by atoms with E-state index in [1.54, 1.807) is 5.32 Å². The zero-order valence-corrected chi connectivity index (χ0v) is 11.7. The summed E-state index contributed by atoms with van der Waals surface area (Å²) in [5.74, 6) is -1.17. The predicted octanol–water partition coefficient (Wildman–Crippen LogP) is 2.39. The molecule has 0 aliphatic carbocycles. The smallest absolute Gasteiger partial charge is 0.374 e. The van der Waals surface area contributed by atoms with Crippen LogP contribution in [-0.2, 0) is 9.59 Å². The highest BCUT2D eigenvalue weighted by Gasteiger charge is 2.27. The fourth-order valence-electron chi connectivity index (χ4n) is 1.40. The molecule has 9 heteroatoms. The summed E-state index contributed by atoms with van der Waals surface area (Å²) in [7, 11) is 0. The van der Waals surface area contributed by atoms with Crippen LogP contribution < -0.4 is 16.0 Å². The number of anilines is 2. The lowest BCUT2D eigenvalue weighted by molar-refractivity contribution is -0.137. The Morgan fingerprint density at radius 3 is 2.48 bits per heavy atom. The van der Waals surface area contributed by atoms with Gasteiger partial charge in [0.15, 0.2) is 0 Å². The molecule has 0 saturated heterocycles. The third kappa shape index (κ3) is 6.84. The molecule has 0 fully saturated rings. The number of carbonyl (C=O) groups excluding carboxylic acids is 2. The molecule has 1 aromatic rings. The monoisotopic (exact) mass is 323 g/mol. The molecule has 5 nitrogen and oxygen atoms in total. The molecule has 0 heterocycles. The first-order valence-corrected chi connectivity index (χ1v) is 6.19. The fraction of sp³-hybridized carbons (Fsp3) is 0.333. The van der Waals surface area contributed by atoms with Crippen LogP contribution in [0, 0.1) is 0 Å². The lowest BCUT2D eigenvalue weighted by Crippen LogP contribution is -2.37. The van der Waals surface area contributed by atoms with Gasteiger partial charge >= 0.3 is 6.18 Å². The quantitative estimate of drug-likeness (QED) is 0.779. The number of alkyl halides is 3. The van der Waals surface area contributed by atoms with Crippen LogP contribution in [0.1, 0.15) is 6.92 Å². The van der Waals surface area contributed by atoms with Gasteiger partial charge in [0.2, 0.25) is 11.8 Å². The zero-order chi connectivity index (χ0) is 16.0. The Hall–Kier alpha value is -1.96. The van der Waals surface area contributed by atoms with Gasteiger partial charge in [-0.15, -0.1) is 0 Å². The third-order valence-electron chi connectivity index (χ3n) is 2.22. The molecular weight excluding hydrogens is 311 g/mol. The fourth-order valence-corrected chi connectivity index (χ4v) is 1.57. The summed E-state index contributed by atoms with van der Waals surface area (Å²) < 4.78 is 35.8. The van der Waals surface area contributed by atoms with E-state index in [2.05, 4.69) is 10.6 Å². The molecule has 0 aliphatic heterocycles. The number of rotatable bonds is 5. The van der Waals surface area contributed by atoms with Gasteiger partial charge < -0.3 is 16.0 Å². The Morgan fingerprint density at radius 1 is 1.24 bits per heavy atom. The largest absolute Gasteiger partial charge is 0.405 e. The van der Waals surface area contributed by atoms with Crippen LogP contribution in [-0.4, -0.2) is 31.1 Å². The number of nitrogens with one attached hydrogen (secondary N) is 3. The highest BCUT2D eigenvalue weighted by atomic mass is 35.5. The van der Waals surface area contributed by atoms with Gasteiger partial charge in [-0.3, -0.25) is 9.59 Å². The lowest BCUT2D eigenvalue weighted by Gasteiger charge is -2.13. The summed E-state index contributed by atoms with van der Waals surface area (Å²) in [4.78, 5) is 22.3. The van der Waals surface area contributed by atoms with Crippen molar-refractivity contribution in [1.29, 1.82) is 0 Å². The van der Waals surface area contributed by atoms with Crippen molar-refractivity contribution < 1.29 is 22.8 Å². The van der Waals surface area contributed by atoms with E-state index < -0.39 is 18.6 Å². The Kier molecular flexibility index (Phi) is 5.83. The van der Waals surface area contributed by atoms with E-state index in [0.29, 0.717) is 16.4 Å². The number of carbonyl (C=O) groups is 2. The maximum atomic E-state index is 11.9. The van der Waals surface area contributed by atoms with Crippen molar-refractivity contribution in [3.63, 3.8) is 0 Å². The second-order valence-electron chi connectivity index (χ2n) is 4.12. The minimum absolute atomic E-state index is 0.332. The SMILES string of the molecule is CC(=O)Nc1cc(Cl)ccc1NCC(=O)NCC(F)(F)F. The lowest BCUT2D eigenvalue weighted by atomic mass is 10.2. The topological polar surface area (TPSA) is 70.2 Å². The predicted molar refractivity (Wildman–Crippen MR) is 73.3 cm³/mol. The van der Waals surface area contributed by atoms with Gasteiger partial charge in [-0.1, -0.05) is 11.6 Å². The van der Waals surface area contributed by atoms with Gasteiger partial charge in [-0.2, -0.15) is 13.2 Å². The second-order valence-corrected chi connectivity index (χ2v) is 4.55. The zero-order valence-electron chi connectivity index (χ0n) is 11.0. The van der Waals surface area contributed by atoms with Gasteiger partial charge in [0.25, 0.3) is 0 Å². The normalized spacial score (nSPS) is 10.9. The molecule has 0 spiro atoms. The third-order valence-corrected chi connectivity index (χ3v) is 2.45.